The van der Waals surface area contributed by atoms with E-state index in [-0.39, 0.29) is 6.10 Å². The summed E-state index contributed by atoms with van der Waals surface area (Å²) in [6.07, 6.45) is -0.376. The Morgan fingerprint density at radius 2 is 2.24 bits per heavy atom. The Balaban J connectivity index is 1.97. The Hall–Kier alpha value is -0.290. The van der Waals surface area contributed by atoms with E-state index in [4.69, 9.17) is 0 Å². The summed E-state index contributed by atoms with van der Waals surface area (Å²) in [6.45, 7) is 2.04. The van der Waals surface area contributed by atoms with Crippen molar-refractivity contribution in [3.8, 4) is 0 Å². The van der Waals surface area contributed by atoms with Gasteiger partial charge in [0.25, 0.3) is 0 Å². The van der Waals surface area contributed by atoms with E-state index in [0.29, 0.717) is 5.75 Å². The van der Waals surface area contributed by atoms with Gasteiger partial charge in [-0.05, 0) is 42.1 Å². The first-order chi connectivity index (χ1) is 8.16. The van der Waals surface area contributed by atoms with E-state index in [2.05, 4.69) is 28.1 Å². The quantitative estimate of drug-likeness (QED) is 0.824. The van der Waals surface area contributed by atoms with Gasteiger partial charge >= 0.3 is 0 Å². The van der Waals surface area contributed by atoms with Crippen LogP contribution in [0.2, 0.25) is 0 Å². The summed E-state index contributed by atoms with van der Waals surface area (Å²) in [5.74, 6) is 0.692. The fourth-order valence-electron chi connectivity index (χ4n) is 1.53. The van der Waals surface area contributed by atoms with Crippen LogP contribution in [0.3, 0.4) is 0 Å². The van der Waals surface area contributed by atoms with E-state index in [1.807, 2.05) is 30.5 Å². The van der Waals surface area contributed by atoms with Crippen LogP contribution >= 0.6 is 39.0 Å². The average Bonchev–Trinajstić information content (AvgIpc) is 2.72. The number of hydrogen-bond acceptors (Lipinski definition) is 3. The van der Waals surface area contributed by atoms with Crippen molar-refractivity contribution >= 4 is 39.0 Å². The van der Waals surface area contributed by atoms with Crippen LogP contribution in [0.15, 0.2) is 45.1 Å². The maximum absolute atomic E-state index is 10.1. The van der Waals surface area contributed by atoms with Gasteiger partial charge in [0, 0.05) is 20.0 Å². The Morgan fingerprint density at radius 1 is 1.41 bits per heavy atom. The summed E-state index contributed by atoms with van der Waals surface area (Å²) >= 11 is 6.75. The van der Waals surface area contributed by atoms with Gasteiger partial charge in [0.15, 0.2) is 0 Å². The van der Waals surface area contributed by atoms with Crippen molar-refractivity contribution in [3.63, 3.8) is 0 Å². The zero-order valence-corrected chi connectivity index (χ0v) is 12.6. The zero-order valence-electron chi connectivity index (χ0n) is 9.39. The van der Waals surface area contributed by atoms with Crippen molar-refractivity contribution in [2.75, 3.05) is 5.75 Å². The number of thiophene rings is 1. The molecule has 0 bridgehead atoms. The van der Waals surface area contributed by atoms with Crippen LogP contribution < -0.4 is 0 Å². The van der Waals surface area contributed by atoms with Gasteiger partial charge in [0.05, 0.1) is 6.10 Å². The summed E-state index contributed by atoms with van der Waals surface area (Å²) in [5, 5.41) is 12.1. The lowest BCUT2D eigenvalue weighted by Gasteiger charge is -2.09. The highest BCUT2D eigenvalue weighted by Gasteiger charge is 2.12. The topological polar surface area (TPSA) is 20.2 Å². The molecule has 1 N–H and O–H groups in total. The standard InChI is InChI=1S/C13H13BrOS2/c1-9-5-6-16-13(9)12(15)8-17-11-4-2-3-10(14)7-11/h2-7,12,15H,8H2,1H3. The maximum Gasteiger partial charge on any atom is 0.0978 e. The van der Waals surface area contributed by atoms with E-state index >= 15 is 0 Å². The molecule has 1 atom stereocenters. The van der Waals surface area contributed by atoms with Crippen LogP contribution in [0, 0.1) is 6.92 Å². The van der Waals surface area contributed by atoms with Gasteiger partial charge in [-0.25, -0.2) is 0 Å². The second kappa shape index (κ2) is 6.05. The molecule has 0 radical (unpaired) electrons. The third-order valence-electron chi connectivity index (χ3n) is 2.41. The fourth-order valence-corrected chi connectivity index (χ4v) is 4.00. The SMILES string of the molecule is Cc1ccsc1C(O)CSc1cccc(Br)c1. The van der Waals surface area contributed by atoms with Crippen LogP contribution in [0.25, 0.3) is 0 Å². The van der Waals surface area contributed by atoms with Crippen molar-refractivity contribution in [3.05, 3.63) is 50.6 Å². The minimum atomic E-state index is -0.376. The normalized spacial score (nSPS) is 12.6. The third kappa shape index (κ3) is 3.58. The van der Waals surface area contributed by atoms with Gasteiger partial charge in [0.1, 0.15) is 0 Å². The lowest BCUT2D eigenvalue weighted by molar-refractivity contribution is 0.207. The van der Waals surface area contributed by atoms with Gasteiger partial charge in [-0.3, -0.25) is 0 Å². The number of hydrogen-bond donors (Lipinski definition) is 1. The Morgan fingerprint density at radius 3 is 2.88 bits per heavy atom. The molecule has 1 unspecified atom stereocenters. The predicted molar refractivity (Wildman–Crippen MR) is 78.9 cm³/mol. The van der Waals surface area contributed by atoms with Crippen molar-refractivity contribution in [2.24, 2.45) is 0 Å². The second-order valence-corrected chi connectivity index (χ2v) is 6.71. The molecule has 0 aliphatic rings. The average molecular weight is 329 g/mol. The first-order valence-corrected chi connectivity index (χ1v) is 7.93. The van der Waals surface area contributed by atoms with Crippen molar-refractivity contribution in [1.82, 2.24) is 0 Å². The first kappa shape index (κ1) is 13.1. The molecule has 2 aromatic rings. The Labute approximate surface area is 118 Å². The summed E-state index contributed by atoms with van der Waals surface area (Å²) in [6, 6.07) is 10.2. The number of thioether (sulfide) groups is 1. The second-order valence-electron chi connectivity index (χ2n) is 3.75. The van der Waals surface area contributed by atoms with Gasteiger partial charge in [-0.15, -0.1) is 23.1 Å². The lowest BCUT2D eigenvalue weighted by atomic mass is 10.2. The smallest absolute Gasteiger partial charge is 0.0978 e. The first-order valence-electron chi connectivity index (χ1n) is 5.27. The van der Waals surface area contributed by atoms with E-state index < -0.39 is 0 Å². The van der Waals surface area contributed by atoms with E-state index in [1.54, 1.807) is 23.1 Å². The van der Waals surface area contributed by atoms with E-state index in [0.717, 1.165) is 9.35 Å². The highest BCUT2D eigenvalue weighted by atomic mass is 79.9. The zero-order chi connectivity index (χ0) is 12.3. The maximum atomic E-state index is 10.1. The highest BCUT2D eigenvalue weighted by molar-refractivity contribution is 9.10. The monoisotopic (exact) mass is 328 g/mol. The number of halogens is 1. The number of aryl methyl sites for hydroxylation is 1. The van der Waals surface area contributed by atoms with Crippen LogP contribution in [0.1, 0.15) is 16.5 Å². The summed E-state index contributed by atoms with van der Waals surface area (Å²) in [7, 11) is 0. The fraction of sp³-hybridized carbons (Fsp3) is 0.231. The molecule has 1 nitrogen and oxygen atoms in total. The molecule has 17 heavy (non-hydrogen) atoms. The van der Waals surface area contributed by atoms with Crippen LogP contribution in [-0.2, 0) is 0 Å². The third-order valence-corrected chi connectivity index (χ3v) is 5.09. The van der Waals surface area contributed by atoms with Crippen molar-refractivity contribution in [1.29, 1.82) is 0 Å². The number of aliphatic hydroxyl groups excluding tert-OH is 1. The Bertz CT molecular complexity index is 496. The molecule has 90 valence electrons. The van der Waals surface area contributed by atoms with Crippen molar-refractivity contribution in [2.45, 2.75) is 17.9 Å². The Kier molecular flexibility index (Phi) is 4.68. The molecule has 0 fully saturated rings. The summed E-state index contributed by atoms with van der Waals surface area (Å²) < 4.78 is 1.07. The molecule has 0 aliphatic carbocycles. The minimum Gasteiger partial charge on any atom is -0.387 e. The number of aliphatic hydroxyl groups is 1. The van der Waals surface area contributed by atoms with Crippen molar-refractivity contribution < 1.29 is 5.11 Å². The van der Waals surface area contributed by atoms with Gasteiger partial charge in [0.2, 0.25) is 0 Å². The number of benzene rings is 1. The molecule has 0 amide bonds. The predicted octanol–water partition coefficient (Wildman–Crippen LogP) is 4.64. The lowest BCUT2D eigenvalue weighted by Crippen LogP contribution is -1.99. The summed E-state index contributed by atoms with van der Waals surface area (Å²) in [5.41, 5.74) is 1.18. The van der Waals surface area contributed by atoms with Crippen LogP contribution in [-0.4, -0.2) is 10.9 Å². The largest absolute Gasteiger partial charge is 0.387 e. The molecule has 1 aromatic carbocycles. The van der Waals surface area contributed by atoms with Gasteiger partial charge < -0.3 is 5.11 Å². The molecular weight excluding hydrogens is 316 g/mol. The molecule has 0 saturated heterocycles. The van der Waals surface area contributed by atoms with Gasteiger partial charge in [-0.2, -0.15) is 0 Å². The highest BCUT2D eigenvalue weighted by Crippen LogP contribution is 2.30. The molecule has 2 rings (SSSR count). The minimum absolute atomic E-state index is 0.376. The molecule has 1 aromatic heterocycles. The molecule has 0 spiro atoms. The van der Waals surface area contributed by atoms with Crippen LogP contribution in [0.5, 0.6) is 0 Å². The molecule has 0 saturated carbocycles. The molecular formula is C13H13BrOS2. The molecule has 4 heteroatoms. The van der Waals surface area contributed by atoms with Gasteiger partial charge in [-0.1, -0.05) is 22.0 Å². The molecule has 1 heterocycles. The summed E-state index contributed by atoms with van der Waals surface area (Å²) in [4.78, 5) is 2.25. The van der Waals surface area contributed by atoms with E-state index in [9.17, 15) is 5.11 Å². The molecule has 0 aliphatic heterocycles. The number of rotatable bonds is 4. The van der Waals surface area contributed by atoms with Crippen LogP contribution in [0.4, 0.5) is 0 Å². The van der Waals surface area contributed by atoms with E-state index in [1.165, 1.54) is 10.5 Å².